The number of halogens is 1. The summed E-state index contributed by atoms with van der Waals surface area (Å²) >= 11 is 5.72. The molecule has 0 bridgehead atoms. The van der Waals surface area contributed by atoms with Crippen molar-refractivity contribution in [2.75, 3.05) is 0 Å². The normalized spacial score (nSPS) is 12.1. The van der Waals surface area contributed by atoms with Crippen molar-refractivity contribution in [2.45, 2.75) is 13.0 Å². The molecule has 1 unspecified atom stereocenters. The molecule has 6 heteroatoms. The number of carbonyl (C=O) groups is 2. The molecule has 0 saturated carbocycles. The fraction of sp³-hybridized carbons (Fsp3) is 0.167. The summed E-state index contributed by atoms with van der Waals surface area (Å²) in [4.78, 5) is 21.7. The lowest BCUT2D eigenvalue weighted by atomic mass is 10.2. The zero-order chi connectivity index (χ0) is 13.5. The Morgan fingerprint density at radius 3 is 2.50 bits per heavy atom. The first-order valence-electron chi connectivity index (χ1n) is 5.21. The summed E-state index contributed by atoms with van der Waals surface area (Å²) < 4.78 is 0. The highest BCUT2D eigenvalue weighted by atomic mass is 35.5. The summed E-state index contributed by atoms with van der Waals surface area (Å²) in [5.41, 5.74) is 0.867. The maximum atomic E-state index is 11.2. The molecular formula is C12H13ClN2O3. The van der Waals surface area contributed by atoms with Crippen LogP contribution in [0.1, 0.15) is 12.5 Å². The predicted molar refractivity (Wildman–Crippen MR) is 69.3 cm³/mol. The van der Waals surface area contributed by atoms with Gasteiger partial charge < -0.3 is 15.7 Å². The van der Waals surface area contributed by atoms with Gasteiger partial charge in [-0.1, -0.05) is 23.7 Å². The van der Waals surface area contributed by atoms with E-state index in [2.05, 4.69) is 10.6 Å². The third-order valence-corrected chi connectivity index (χ3v) is 2.33. The lowest BCUT2D eigenvalue weighted by Crippen LogP contribution is -2.42. The van der Waals surface area contributed by atoms with Gasteiger partial charge in [0.15, 0.2) is 0 Å². The van der Waals surface area contributed by atoms with Gasteiger partial charge in [-0.2, -0.15) is 0 Å². The molecule has 5 nitrogen and oxygen atoms in total. The van der Waals surface area contributed by atoms with Crippen molar-refractivity contribution in [3.05, 3.63) is 41.1 Å². The van der Waals surface area contributed by atoms with E-state index in [4.69, 9.17) is 16.7 Å². The minimum absolute atomic E-state index is 0.574. The summed E-state index contributed by atoms with van der Waals surface area (Å²) in [6.45, 7) is 1.38. The Kier molecular flexibility index (Phi) is 5.20. The number of amides is 2. The van der Waals surface area contributed by atoms with E-state index in [0.717, 1.165) is 5.56 Å². The third-order valence-electron chi connectivity index (χ3n) is 2.08. The molecule has 96 valence electrons. The number of hydrogen-bond donors (Lipinski definition) is 3. The van der Waals surface area contributed by atoms with E-state index >= 15 is 0 Å². The van der Waals surface area contributed by atoms with Gasteiger partial charge in [0, 0.05) is 11.2 Å². The van der Waals surface area contributed by atoms with Crippen molar-refractivity contribution in [3.8, 4) is 0 Å². The van der Waals surface area contributed by atoms with E-state index in [1.165, 1.54) is 13.1 Å². The van der Waals surface area contributed by atoms with Gasteiger partial charge in [0.1, 0.15) is 6.04 Å². The molecule has 0 fully saturated rings. The predicted octanol–water partition coefficient (Wildman–Crippen LogP) is 2.08. The molecule has 2 amide bonds. The SMILES string of the molecule is CC(NC(=O)N/C=C/c1ccc(Cl)cc1)C(=O)O. The van der Waals surface area contributed by atoms with Crippen molar-refractivity contribution >= 4 is 29.7 Å². The standard InChI is InChI=1S/C12H13ClN2O3/c1-8(11(16)17)15-12(18)14-7-6-9-2-4-10(13)5-3-9/h2-8H,1H3,(H,16,17)(H2,14,15,18)/b7-6+. The Hall–Kier alpha value is -2.01. The third kappa shape index (κ3) is 4.88. The number of urea groups is 1. The minimum atomic E-state index is -1.09. The molecule has 1 aromatic rings. The highest BCUT2D eigenvalue weighted by molar-refractivity contribution is 6.30. The highest BCUT2D eigenvalue weighted by Gasteiger charge is 2.12. The Bertz CT molecular complexity index is 457. The topological polar surface area (TPSA) is 78.4 Å². The van der Waals surface area contributed by atoms with Crippen LogP contribution in [0.4, 0.5) is 4.79 Å². The molecule has 1 aromatic carbocycles. The summed E-state index contributed by atoms with van der Waals surface area (Å²) in [6, 6.07) is 5.53. The first kappa shape index (κ1) is 14.1. The molecule has 0 radical (unpaired) electrons. The van der Waals surface area contributed by atoms with Gasteiger partial charge >= 0.3 is 12.0 Å². The van der Waals surface area contributed by atoms with Crippen LogP contribution in [0.15, 0.2) is 30.5 Å². The summed E-state index contributed by atoms with van der Waals surface area (Å²) in [7, 11) is 0. The van der Waals surface area contributed by atoms with Gasteiger partial charge in [0.25, 0.3) is 0 Å². The second-order valence-electron chi connectivity index (χ2n) is 3.56. The Morgan fingerprint density at radius 1 is 1.33 bits per heavy atom. The number of carboxylic acids is 1. The van der Waals surface area contributed by atoms with Gasteiger partial charge in [-0.05, 0) is 30.7 Å². The lowest BCUT2D eigenvalue weighted by Gasteiger charge is -2.08. The molecule has 0 heterocycles. The van der Waals surface area contributed by atoms with Crippen LogP contribution in [0.25, 0.3) is 6.08 Å². The first-order valence-corrected chi connectivity index (χ1v) is 5.59. The summed E-state index contributed by atoms with van der Waals surface area (Å²) in [5.74, 6) is -1.09. The van der Waals surface area contributed by atoms with Gasteiger partial charge in [-0.25, -0.2) is 4.79 Å². The quantitative estimate of drug-likeness (QED) is 0.782. The Balaban J connectivity index is 2.43. The van der Waals surface area contributed by atoms with Crippen molar-refractivity contribution < 1.29 is 14.7 Å². The van der Waals surface area contributed by atoms with E-state index in [9.17, 15) is 9.59 Å². The second kappa shape index (κ2) is 6.66. The number of carbonyl (C=O) groups excluding carboxylic acids is 1. The van der Waals surface area contributed by atoms with Crippen LogP contribution in [0, 0.1) is 0 Å². The highest BCUT2D eigenvalue weighted by Crippen LogP contribution is 2.10. The van der Waals surface area contributed by atoms with Gasteiger partial charge in [-0.3, -0.25) is 4.79 Å². The average molecular weight is 269 g/mol. The number of benzene rings is 1. The Morgan fingerprint density at radius 2 is 1.94 bits per heavy atom. The zero-order valence-corrected chi connectivity index (χ0v) is 10.4. The number of carboxylic acid groups (broad SMARTS) is 1. The summed E-state index contributed by atoms with van der Waals surface area (Å²) in [6.07, 6.45) is 3.09. The molecule has 1 rings (SSSR count). The van der Waals surface area contributed by atoms with Gasteiger partial charge in [0.2, 0.25) is 0 Å². The van der Waals surface area contributed by atoms with Crippen molar-refractivity contribution in [1.82, 2.24) is 10.6 Å². The van der Waals surface area contributed by atoms with Gasteiger partial charge in [0.05, 0.1) is 0 Å². The fourth-order valence-corrected chi connectivity index (χ4v) is 1.21. The van der Waals surface area contributed by atoms with Crippen molar-refractivity contribution in [1.29, 1.82) is 0 Å². The van der Waals surface area contributed by atoms with E-state index in [1.807, 2.05) is 0 Å². The smallest absolute Gasteiger partial charge is 0.325 e. The number of aliphatic carboxylic acids is 1. The van der Waals surface area contributed by atoms with E-state index in [1.54, 1.807) is 30.3 Å². The minimum Gasteiger partial charge on any atom is -0.480 e. The number of rotatable bonds is 4. The fourth-order valence-electron chi connectivity index (χ4n) is 1.09. The first-order chi connectivity index (χ1) is 8.49. The number of hydrogen-bond acceptors (Lipinski definition) is 2. The van der Waals surface area contributed by atoms with E-state index in [-0.39, 0.29) is 0 Å². The monoisotopic (exact) mass is 268 g/mol. The maximum absolute atomic E-state index is 11.2. The van der Waals surface area contributed by atoms with Crippen molar-refractivity contribution in [3.63, 3.8) is 0 Å². The molecule has 0 aromatic heterocycles. The van der Waals surface area contributed by atoms with Crippen LogP contribution in [-0.4, -0.2) is 23.1 Å². The second-order valence-corrected chi connectivity index (χ2v) is 4.00. The van der Waals surface area contributed by atoms with Crippen LogP contribution < -0.4 is 10.6 Å². The van der Waals surface area contributed by atoms with Crippen LogP contribution in [0.3, 0.4) is 0 Å². The molecule has 0 spiro atoms. The molecule has 0 aliphatic heterocycles. The maximum Gasteiger partial charge on any atom is 0.325 e. The summed E-state index contributed by atoms with van der Waals surface area (Å²) in [5, 5.41) is 13.9. The number of nitrogens with one attached hydrogen (secondary N) is 2. The lowest BCUT2D eigenvalue weighted by molar-refractivity contribution is -0.138. The van der Waals surface area contributed by atoms with Crippen LogP contribution >= 0.6 is 11.6 Å². The van der Waals surface area contributed by atoms with Gasteiger partial charge in [-0.15, -0.1) is 0 Å². The molecule has 18 heavy (non-hydrogen) atoms. The average Bonchev–Trinajstić information content (AvgIpc) is 2.31. The molecule has 3 N–H and O–H groups in total. The molecule has 0 aliphatic carbocycles. The molecule has 0 aliphatic rings. The molecule has 1 atom stereocenters. The van der Waals surface area contributed by atoms with Crippen LogP contribution in [0.5, 0.6) is 0 Å². The molecule has 0 saturated heterocycles. The van der Waals surface area contributed by atoms with Crippen LogP contribution in [0.2, 0.25) is 5.02 Å². The van der Waals surface area contributed by atoms with E-state index < -0.39 is 18.0 Å². The Labute approximate surface area is 109 Å². The molecular weight excluding hydrogens is 256 g/mol. The van der Waals surface area contributed by atoms with Crippen molar-refractivity contribution in [2.24, 2.45) is 0 Å². The zero-order valence-electron chi connectivity index (χ0n) is 9.68. The van der Waals surface area contributed by atoms with E-state index in [0.29, 0.717) is 5.02 Å². The largest absolute Gasteiger partial charge is 0.480 e. The van der Waals surface area contributed by atoms with Crippen LogP contribution in [-0.2, 0) is 4.79 Å².